The van der Waals surface area contributed by atoms with Gasteiger partial charge in [0, 0.05) is 24.1 Å². The molecule has 0 aliphatic carbocycles. The highest BCUT2D eigenvalue weighted by Gasteiger charge is 2.45. The summed E-state index contributed by atoms with van der Waals surface area (Å²) < 4.78 is 22.5. The van der Waals surface area contributed by atoms with Crippen molar-refractivity contribution in [1.82, 2.24) is 19.9 Å². The number of benzene rings is 1. The molecule has 0 bridgehead atoms. The molecule has 2 unspecified atom stereocenters. The number of hydrogen-bond acceptors (Lipinski definition) is 7. The number of fused-ring (bicyclic) bond motifs is 1. The van der Waals surface area contributed by atoms with Gasteiger partial charge in [0.2, 0.25) is 0 Å². The Bertz CT molecular complexity index is 1360. The number of alkyl halides is 1. The number of anilines is 1. The van der Waals surface area contributed by atoms with Crippen LogP contribution in [0.25, 0.3) is 16.8 Å². The molecule has 1 aliphatic heterocycles. The summed E-state index contributed by atoms with van der Waals surface area (Å²) in [5.74, 6) is 0.758. The number of ether oxygens (including phenoxy) is 1. The number of aliphatic hydroxyl groups is 1. The molecule has 37 heavy (non-hydrogen) atoms. The molecule has 1 fully saturated rings. The van der Waals surface area contributed by atoms with Gasteiger partial charge in [0.15, 0.2) is 11.5 Å². The molecule has 0 spiro atoms. The van der Waals surface area contributed by atoms with Gasteiger partial charge in [0.05, 0.1) is 6.54 Å². The van der Waals surface area contributed by atoms with Gasteiger partial charge in [-0.3, -0.25) is 0 Å². The molecular weight excluding hydrogens is 475 g/mol. The normalized spacial score (nSPS) is 20.6. The van der Waals surface area contributed by atoms with Crippen LogP contribution >= 0.6 is 0 Å². The standard InChI is InChI=1S/C27H33FN6O3/c1-16-19(12-29)23-31-22(17(2)35)32-34(23)24(21(16)18-10-8-7-9-11-18)33-13-20(28)27(6,15-33)14-30-25(36)37-26(3,4)5/h7-11,17,20,35H,13-15H2,1-6H3,(H,30,36)/t17?,20?,27-/m1/s1. The molecule has 1 aliphatic rings. The summed E-state index contributed by atoms with van der Waals surface area (Å²) in [5, 5.41) is 27.4. The highest BCUT2D eigenvalue weighted by atomic mass is 19.1. The van der Waals surface area contributed by atoms with Crippen LogP contribution in [0.3, 0.4) is 0 Å². The van der Waals surface area contributed by atoms with E-state index in [1.165, 1.54) is 4.52 Å². The van der Waals surface area contributed by atoms with Gasteiger partial charge in [0.25, 0.3) is 0 Å². The second kappa shape index (κ2) is 9.63. The zero-order chi connectivity index (χ0) is 27.1. The number of pyridine rings is 1. The lowest BCUT2D eigenvalue weighted by Gasteiger charge is -2.29. The van der Waals surface area contributed by atoms with Crippen LogP contribution in [0.1, 0.15) is 57.7 Å². The van der Waals surface area contributed by atoms with Crippen LogP contribution in [0.15, 0.2) is 30.3 Å². The molecule has 0 saturated carbocycles. The summed E-state index contributed by atoms with van der Waals surface area (Å²) in [6.45, 7) is 10.9. The Kier molecular flexibility index (Phi) is 6.86. The van der Waals surface area contributed by atoms with Crippen molar-refractivity contribution < 1.29 is 19.0 Å². The molecule has 3 aromatic rings. The van der Waals surface area contributed by atoms with Crippen LogP contribution < -0.4 is 10.2 Å². The van der Waals surface area contributed by atoms with Crippen molar-refractivity contribution in [1.29, 1.82) is 5.26 Å². The molecule has 3 heterocycles. The lowest BCUT2D eigenvalue weighted by molar-refractivity contribution is 0.0489. The number of carbonyl (C=O) groups is 1. The van der Waals surface area contributed by atoms with E-state index in [0.717, 1.165) is 11.1 Å². The van der Waals surface area contributed by atoms with Crippen LogP contribution in [-0.2, 0) is 4.74 Å². The predicted molar refractivity (Wildman–Crippen MR) is 138 cm³/mol. The number of nitriles is 1. The fourth-order valence-corrected chi connectivity index (χ4v) is 4.69. The molecule has 196 valence electrons. The minimum absolute atomic E-state index is 0.0522. The summed E-state index contributed by atoms with van der Waals surface area (Å²) in [5.41, 5.74) is 1.35. The molecule has 1 aromatic carbocycles. The van der Waals surface area contributed by atoms with E-state index in [4.69, 9.17) is 4.74 Å². The Morgan fingerprint density at radius 3 is 2.65 bits per heavy atom. The highest BCUT2D eigenvalue weighted by Crippen LogP contribution is 2.42. The van der Waals surface area contributed by atoms with Crippen LogP contribution in [-0.4, -0.2) is 57.2 Å². The first-order valence-corrected chi connectivity index (χ1v) is 12.3. The first-order valence-electron chi connectivity index (χ1n) is 12.3. The van der Waals surface area contributed by atoms with Crippen molar-refractivity contribution in [2.45, 2.75) is 59.4 Å². The second-order valence-electron chi connectivity index (χ2n) is 10.9. The molecule has 2 aromatic heterocycles. The first kappa shape index (κ1) is 26.4. The van der Waals surface area contributed by atoms with E-state index in [1.807, 2.05) is 42.2 Å². The number of aliphatic hydroxyl groups excluding tert-OH is 1. The average molecular weight is 509 g/mol. The third kappa shape index (κ3) is 5.09. The fourth-order valence-electron chi connectivity index (χ4n) is 4.69. The van der Waals surface area contributed by atoms with Gasteiger partial charge in [-0.25, -0.2) is 14.2 Å². The van der Waals surface area contributed by atoms with E-state index < -0.39 is 29.4 Å². The van der Waals surface area contributed by atoms with Crippen molar-refractivity contribution in [2.75, 3.05) is 24.5 Å². The zero-order valence-corrected chi connectivity index (χ0v) is 22.0. The van der Waals surface area contributed by atoms with Crippen molar-refractivity contribution >= 4 is 17.6 Å². The summed E-state index contributed by atoms with van der Waals surface area (Å²) >= 11 is 0. The van der Waals surface area contributed by atoms with Gasteiger partial charge in [-0.05, 0) is 45.7 Å². The fraction of sp³-hybridized carbons (Fsp3) is 0.481. The molecule has 10 heteroatoms. The van der Waals surface area contributed by atoms with Crippen molar-refractivity contribution in [2.24, 2.45) is 5.41 Å². The molecule has 4 rings (SSSR count). The quantitative estimate of drug-likeness (QED) is 0.527. The number of alkyl carbamates (subject to hydrolysis) is 1. The Labute approximate surface area is 215 Å². The maximum absolute atomic E-state index is 15.6. The molecule has 2 N–H and O–H groups in total. The lowest BCUT2D eigenvalue weighted by atomic mass is 9.88. The monoisotopic (exact) mass is 508 g/mol. The smallest absolute Gasteiger partial charge is 0.407 e. The third-order valence-corrected chi connectivity index (χ3v) is 6.59. The number of rotatable bonds is 5. The Balaban J connectivity index is 1.81. The van der Waals surface area contributed by atoms with Crippen LogP contribution in [0.4, 0.5) is 15.0 Å². The summed E-state index contributed by atoms with van der Waals surface area (Å²) in [6.07, 6.45) is -2.81. The first-order chi connectivity index (χ1) is 17.3. The maximum Gasteiger partial charge on any atom is 0.407 e. The largest absolute Gasteiger partial charge is 0.444 e. The van der Waals surface area contributed by atoms with E-state index in [9.17, 15) is 15.2 Å². The minimum Gasteiger partial charge on any atom is -0.444 e. The Hall–Kier alpha value is -3.71. The average Bonchev–Trinajstić information content (AvgIpc) is 3.38. The molecule has 0 radical (unpaired) electrons. The number of nitrogens with one attached hydrogen (secondary N) is 1. The van der Waals surface area contributed by atoms with Gasteiger partial charge < -0.3 is 20.1 Å². The predicted octanol–water partition coefficient (Wildman–Crippen LogP) is 4.32. The van der Waals surface area contributed by atoms with Crippen molar-refractivity contribution in [3.8, 4) is 17.2 Å². The van der Waals surface area contributed by atoms with Crippen LogP contribution in [0.2, 0.25) is 0 Å². The van der Waals surface area contributed by atoms with Crippen molar-refractivity contribution in [3.63, 3.8) is 0 Å². The highest BCUT2D eigenvalue weighted by molar-refractivity contribution is 5.85. The third-order valence-electron chi connectivity index (χ3n) is 6.59. The van der Waals surface area contributed by atoms with Gasteiger partial charge in [-0.2, -0.15) is 9.78 Å². The number of hydrogen-bond donors (Lipinski definition) is 2. The van der Waals surface area contributed by atoms with Crippen LogP contribution in [0.5, 0.6) is 0 Å². The van der Waals surface area contributed by atoms with Crippen molar-refractivity contribution in [3.05, 3.63) is 47.3 Å². The number of carbonyl (C=O) groups excluding carboxylic acids is 1. The van der Waals surface area contributed by atoms with E-state index in [-0.39, 0.29) is 25.5 Å². The second-order valence-corrected chi connectivity index (χ2v) is 10.9. The topological polar surface area (TPSA) is 116 Å². The summed E-state index contributed by atoms with van der Waals surface area (Å²) in [6, 6.07) is 11.8. The van der Waals surface area contributed by atoms with Gasteiger partial charge in [0.1, 0.15) is 35.3 Å². The molecule has 3 atom stereocenters. The Morgan fingerprint density at radius 1 is 1.38 bits per heavy atom. The molecular formula is C27H33FN6O3. The zero-order valence-electron chi connectivity index (χ0n) is 22.0. The summed E-state index contributed by atoms with van der Waals surface area (Å²) in [7, 11) is 0. The number of aromatic nitrogens is 3. The summed E-state index contributed by atoms with van der Waals surface area (Å²) in [4.78, 5) is 18.6. The Morgan fingerprint density at radius 2 is 2.05 bits per heavy atom. The SMILES string of the molecule is Cc1c(-c2ccccc2)c(N2CC(F)[C@](C)(CNC(=O)OC(C)(C)C)C2)n2nc(C(C)O)nc2c1C#N. The van der Waals surface area contributed by atoms with Gasteiger partial charge in [-0.1, -0.05) is 37.3 Å². The minimum atomic E-state index is -1.27. The van der Waals surface area contributed by atoms with Gasteiger partial charge in [-0.15, -0.1) is 5.10 Å². The van der Waals surface area contributed by atoms with E-state index in [1.54, 1.807) is 34.6 Å². The maximum atomic E-state index is 15.6. The number of nitrogens with zero attached hydrogens (tertiary/aromatic N) is 5. The lowest BCUT2D eigenvalue weighted by Crippen LogP contribution is -2.43. The number of amides is 1. The van der Waals surface area contributed by atoms with Gasteiger partial charge >= 0.3 is 6.09 Å². The molecule has 1 saturated heterocycles. The molecule has 9 nitrogen and oxygen atoms in total. The van der Waals surface area contributed by atoms with E-state index in [0.29, 0.717) is 22.6 Å². The van der Waals surface area contributed by atoms with Crippen LogP contribution in [0, 0.1) is 23.7 Å². The molecule has 1 amide bonds. The number of halogens is 1. The van der Waals surface area contributed by atoms with E-state index in [2.05, 4.69) is 21.5 Å². The van der Waals surface area contributed by atoms with E-state index >= 15 is 4.39 Å².